The van der Waals surface area contributed by atoms with Crippen LogP contribution < -0.4 is 5.73 Å². The van der Waals surface area contributed by atoms with Crippen molar-refractivity contribution in [3.8, 4) is 11.5 Å². The van der Waals surface area contributed by atoms with Crippen LogP contribution in [-0.2, 0) is 11.2 Å². The van der Waals surface area contributed by atoms with Crippen molar-refractivity contribution in [1.29, 1.82) is 0 Å². The lowest BCUT2D eigenvalue weighted by atomic mass is 10.2. The maximum atomic E-state index is 5.73. The van der Waals surface area contributed by atoms with Gasteiger partial charge in [-0.1, -0.05) is 5.16 Å². The minimum atomic E-state index is 0.503. The summed E-state index contributed by atoms with van der Waals surface area (Å²) >= 11 is 3.37. The molecule has 1 aromatic carbocycles. The molecule has 1 aromatic heterocycles. The number of nitrogens with two attached hydrogens (primary N) is 1. The van der Waals surface area contributed by atoms with Crippen molar-refractivity contribution in [1.82, 2.24) is 10.1 Å². The summed E-state index contributed by atoms with van der Waals surface area (Å²) in [5, 5.41) is 3.93. The second kappa shape index (κ2) is 5.97. The molecule has 0 aliphatic carbocycles. The van der Waals surface area contributed by atoms with Gasteiger partial charge in [-0.05, 0) is 40.5 Å². The van der Waals surface area contributed by atoms with E-state index >= 15 is 0 Å². The zero-order chi connectivity index (χ0) is 13.0. The van der Waals surface area contributed by atoms with Crippen LogP contribution in [0.1, 0.15) is 12.2 Å². The van der Waals surface area contributed by atoms with Gasteiger partial charge in [0, 0.05) is 35.9 Å². The van der Waals surface area contributed by atoms with Crippen molar-refractivity contribution < 1.29 is 9.26 Å². The van der Waals surface area contributed by atoms with Gasteiger partial charge in [0.05, 0.1) is 0 Å². The third kappa shape index (κ3) is 3.08. The normalized spacial score (nSPS) is 10.8. The van der Waals surface area contributed by atoms with Crippen LogP contribution in [0.4, 0.5) is 5.69 Å². The van der Waals surface area contributed by atoms with Crippen LogP contribution in [-0.4, -0.2) is 23.9 Å². The molecule has 18 heavy (non-hydrogen) atoms. The quantitative estimate of drug-likeness (QED) is 0.678. The molecule has 0 radical (unpaired) electrons. The topological polar surface area (TPSA) is 74.2 Å². The molecule has 0 aliphatic heterocycles. The Balaban J connectivity index is 2.11. The number of nitrogens with zero attached hydrogens (tertiary/aromatic N) is 2. The van der Waals surface area contributed by atoms with E-state index in [9.17, 15) is 0 Å². The lowest BCUT2D eigenvalue weighted by Gasteiger charge is -1.99. The predicted octanol–water partition coefficient (Wildman–Crippen LogP) is 2.66. The number of benzene rings is 1. The Bertz CT molecular complexity index is 528. The number of rotatable bonds is 5. The third-order valence-corrected chi connectivity index (χ3v) is 3.15. The highest BCUT2D eigenvalue weighted by molar-refractivity contribution is 9.10. The molecule has 0 spiro atoms. The molecule has 0 fully saturated rings. The van der Waals surface area contributed by atoms with E-state index in [-0.39, 0.29) is 0 Å². The smallest absolute Gasteiger partial charge is 0.257 e. The Morgan fingerprint density at radius 3 is 3.00 bits per heavy atom. The van der Waals surface area contributed by atoms with Crippen molar-refractivity contribution in [3.05, 3.63) is 28.5 Å². The van der Waals surface area contributed by atoms with Gasteiger partial charge in [0.15, 0.2) is 5.82 Å². The molecule has 0 amide bonds. The fraction of sp³-hybridized carbons (Fsp3) is 0.333. The van der Waals surface area contributed by atoms with Gasteiger partial charge in [-0.15, -0.1) is 0 Å². The molecule has 0 bridgehead atoms. The van der Waals surface area contributed by atoms with Crippen LogP contribution in [0.5, 0.6) is 0 Å². The van der Waals surface area contributed by atoms with Crippen LogP contribution in [0.3, 0.4) is 0 Å². The summed E-state index contributed by atoms with van der Waals surface area (Å²) in [7, 11) is 1.67. The SMILES string of the molecule is COCCCc1noc(-c2ccc(N)c(Br)c2)n1. The molecule has 96 valence electrons. The standard InChI is InChI=1S/C12H14BrN3O2/c1-17-6-2-3-11-15-12(18-16-11)8-4-5-10(14)9(13)7-8/h4-5,7H,2-3,6,14H2,1H3. The van der Waals surface area contributed by atoms with E-state index in [0.717, 1.165) is 22.9 Å². The summed E-state index contributed by atoms with van der Waals surface area (Å²) < 4.78 is 11.0. The van der Waals surface area contributed by atoms with Gasteiger partial charge in [0.25, 0.3) is 5.89 Å². The Morgan fingerprint density at radius 2 is 2.28 bits per heavy atom. The summed E-state index contributed by atoms with van der Waals surface area (Å²) in [5.74, 6) is 1.19. The largest absolute Gasteiger partial charge is 0.398 e. The summed E-state index contributed by atoms with van der Waals surface area (Å²) in [5.41, 5.74) is 7.25. The lowest BCUT2D eigenvalue weighted by molar-refractivity contribution is 0.194. The Labute approximate surface area is 113 Å². The monoisotopic (exact) mass is 311 g/mol. The van der Waals surface area contributed by atoms with Gasteiger partial charge >= 0.3 is 0 Å². The van der Waals surface area contributed by atoms with E-state index in [1.165, 1.54) is 0 Å². The fourth-order valence-corrected chi connectivity index (χ4v) is 1.89. The number of anilines is 1. The molecule has 2 N–H and O–H groups in total. The number of hydrogen-bond donors (Lipinski definition) is 1. The first kappa shape index (κ1) is 13.0. The van der Waals surface area contributed by atoms with Crippen LogP contribution in [0.25, 0.3) is 11.5 Å². The zero-order valence-corrected chi connectivity index (χ0v) is 11.6. The van der Waals surface area contributed by atoms with E-state index in [2.05, 4.69) is 26.1 Å². The van der Waals surface area contributed by atoms with E-state index < -0.39 is 0 Å². The highest BCUT2D eigenvalue weighted by Crippen LogP contribution is 2.26. The number of aryl methyl sites for hydroxylation is 1. The highest BCUT2D eigenvalue weighted by Gasteiger charge is 2.09. The van der Waals surface area contributed by atoms with Crippen LogP contribution in [0.2, 0.25) is 0 Å². The number of methoxy groups -OCH3 is 1. The van der Waals surface area contributed by atoms with E-state index in [1.54, 1.807) is 13.2 Å². The maximum Gasteiger partial charge on any atom is 0.257 e. The first-order chi connectivity index (χ1) is 8.70. The van der Waals surface area contributed by atoms with Crippen molar-refractivity contribution in [2.24, 2.45) is 0 Å². The van der Waals surface area contributed by atoms with Crippen molar-refractivity contribution in [2.45, 2.75) is 12.8 Å². The number of aromatic nitrogens is 2. The van der Waals surface area contributed by atoms with Gasteiger partial charge in [-0.3, -0.25) is 0 Å². The Kier molecular flexibility index (Phi) is 4.33. The van der Waals surface area contributed by atoms with Gasteiger partial charge < -0.3 is 15.0 Å². The second-order valence-electron chi connectivity index (χ2n) is 3.85. The number of halogens is 1. The van der Waals surface area contributed by atoms with Crippen LogP contribution >= 0.6 is 15.9 Å². The van der Waals surface area contributed by atoms with Crippen molar-refractivity contribution in [3.63, 3.8) is 0 Å². The zero-order valence-electron chi connectivity index (χ0n) is 10.0. The second-order valence-corrected chi connectivity index (χ2v) is 4.70. The predicted molar refractivity (Wildman–Crippen MR) is 72.0 cm³/mol. The molecule has 6 heteroatoms. The van der Waals surface area contributed by atoms with Crippen molar-refractivity contribution >= 4 is 21.6 Å². The van der Waals surface area contributed by atoms with Crippen LogP contribution in [0.15, 0.2) is 27.2 Å². The molecule has 0 unspecified atom stereocenters. The van der Waals surface area contributed by atoms with Crippen LogP contribution in [0, 0.1) is 0 Å². The fourth-order valence-electron chi connectivity index (χ4n) is 1.51. The van der Waals surface area contributed by atoms with E-state index in [4.69, 9.17) is 15.0 Å². The number of hydrogen-bond acceptors (Lipinski definition) is 5. The number of ether oxygens (including phenoxy) is 1. The summed E-state index contributed by atoms with van der Waals surface area (Å²) in [4.78, 5) is 4.33. The van der Waals surface area contributed by atoms with Gasteiger partial charge in [-0.2, -0.15) is 4.98 Å². The molecule has 0 atom stereocenters. The molecule has 2 rings (SSSR count). The first-order valence-corrected chi connectivity index (χ1v) is 6.37. The molecule has 0 saturated carbocycles. The molecule has 1 heterocycles. The first-order valence-electron chi connectivity index (χ1n) is 5.57. The Morgan fingerprint density at radius 1 is 1.44 bits per heavy atom. The summed E-state index contributed by atoms with van der Waals surface area (Å²) in [6.07, 6.45) is 1.62. The summed E-state index contributed by atoms with van der Waals surface area (Å²) in [6.45, 7) is 0.692. The minimum absolute atomic E-state index is 0.503. The molecule has 0 saturated heterocycles. The summed E-state index contributed by atoms with van der Waals surface area (Å²) in [6, 6.07) is 5.52. The van der Waals surface area contributed by atoms with Gasteiger partial charge in [-0.25, -0.2) is 0 Å². The average Bonchev–Trinajstić information content (AvgIpc) is 2.82. The average molecular weight is 312 g/mol. The Hall–Kier alpha value is -1.40. The number of nitrogen functional groups attached to an aromatic ring is 1. The lowest BCUT2D eigenvalue weighted by Crippen LogP contribution is -1.94. The molecular weight excluding hydrogens is 298 g/mol. The van der Waals surface area contributed by atoms with Gasteiger partial charge in [0.1, 0.15) is 0 Å². The molecule has 0 aliphatic rings. The van der Waals surface area contributed by atoms with E-state index in [1.807, 2.05) is 12.1 Å². The molecule has 5 nitrogen and oxygen atoms in total. The highest BCUT2D eigenvalue weighted by atomic mass is 79.9. The third-order valence-electron chi connectivity index (χ3n) is 2.46. The maximum absolute atomic E-state index is 5.73. The minimum Gasteiger partial charge on any atom is -0.398 e. The van der Waals surface area contributed by atoms with Crippen molar-refractivity contribution in [2.75, 3.05) is 19.5 Å². The van der Waals surface area contributed by atoms with Gasteiger partial charge in [0.2, 0.25) is 0 Å². The van der Waals surface area contributed by atoms with E-state index in [0.29, 0.717) is 24.0 Å². The molecule has 2 aromatic rings. The molecular formula is C12H14BrN3O2.